The first kappa shape index (κ1) is 18.9. The Morgan fingerprint density at radius 1 is 1.22 bits per heavy atom. The number of nitrogens with one attached hydrogen (secondary N) is 1. The number of ether oxygens (including phenoxy) is 1. The van der Waals surface area contributed by atoms with Crippen LogP contribution in [0.1, 0.15) is 12.0 Å². The Balaban J connectivity index is 1.52. The fraction of sp³-hybridized carbons (Fsp3) is 0.250. The lowest BCUT2D eigenvalue weighted by Crippen LogP contribution is -2.28. The average Bonchev–Trinajstić information content (AvgIpc) is 3.03. The topological polar surface area (TPSA) is 75.7 Å². The number of carbonyl (C=O) groups excluding carboxylic acids is 3. The van der Waals surface area contributed by atoms with E-state index in [4.69, 9.17) is 16.3 Å². The van der Waals surface area contributed by atoms with E-state index in [0.717, 1.165) is 5.56 Å². The van der Waals surface area contributed by atoms with Crippen molar-refractivity contribution in [2.24, 2.45) is 5.92 Å². The van der Waals surface area contributed by atoms with Gasteiger partial charge in [0, 0.05) is 29.4 Å². The van der Waals surface area contributed by atoms with Gasteiger partial charge in [-0.05, 0) is 37.3 Å². The molecule has 6 nitrogen and oxygen atoms in total. The van der Waals surface area contributed by atoms with Crippen molar-refractivity contribution in [3.8, 4) is 0 Å². The van der Waals surface area contributed by atoms with Crippen molar-refractivity contribution in [2.75, 3.05) is 23.4 Å². The second kappa shape index (κ2) is 8.22. The number of aryl methyl sites for hydroxylation is 1. The molecule has 0 radical (unpaired) electrons. The predicted molar refractivity (Wildman–Crippen MR) is 103 cm³/mol. The van der Waals surface area contributed by atoms with E-state index >= 15 is 0 Å². The van der Waals surface area contributed by atoms with Gasteiger partial charge >= 0.3 is 5.97 Å². The van der Waals surface area contributed by atoms with Crippen LogP contribution in [-0.4, -0.2) is 30.9 Å². The Morgan fingerprint density at radius 3 is 2.67 bits per heavy atom. The fourth-order valence-corrected chi connectivity index (χ4v) is 3.03. The van der Waals surface area contributed by atoms with E-state index in [1.54, 1.807) is 36.4 Å². The van der Waals surface area contributed by atoms with Crippen LogP contribution in [0.25, 0.3) is 0 Å². The number of carbonyl (C=O) groups is 3. The summed E-state index contributed by atoms with van der Waals surface area (Å²) in [6, 6.07) is 14.2. The average molecular weight is 387 g/mol. The number of nitrogens with zero attached hydrogens (tertiary/aromatic N) is 1. The van der Waals surface area contributed by atoms with Crippen molar-refractivity contribution < 1.29 is 19.1 Å². The molecule has 1 saturated heterocycles. The van der Waals surface area contributed by atoms with Crippen LogP contribution >= 0.6 is 11.6 Å². The maximum atomic E-state index is 12.2. The summed E-state index contributed by atoms with van der Waals surface area (Å²) < 4.78 is 5.08. The molecule has 0 bridgehead atoms. The van der Waals surface area contributed by atoms with E-state index in [1.165, 1.54) is 4.90 Å². The molecule has 2 aromatic rings. The van der Waals surface area contributed by atoms with E-state index < -0.39 is 24.4 Å². The zero-order valence-electron chi connectivity index (χ0n) is 14.8. The summed E-state index contributed by atoms with van der Waals surface area (Å²) in [6.07, 6.45) is 0.0466. The van der Waals surface area contributed by atoms with Crippen molar-refractivity contribution in [2.45, 2.75) is 13.3 Å². The molecule has 140 valence electrons. The van der Waals surface area contributed by atoms with Crippen molar-refractivity contribution in [3.05, 3.63) is 59.1 Å². The molecule has 1 N–H and O–H groups in total. The molecule has 1 aliphatic rings. The molecular formula is C20H19ClN2O4. The van der Waals surface area contributed by atoms with E-state index in [9.17, 15) is 14.4 Å². The second-order valence-electron chi connectivity index (χ2n) is 6.41. The number of amides is 2. The molecule has 0 spiro atoms. The lowest BCUT2D eigenvalue weighted by atomic mass is 10.1. The van der Waals surface area contributed by atoms with Crippen LogP contribution in [-0.2, 0) is 19.1 Å². The lowest BCUT2D eigenvalue weighted by molar-refractivity contribution is -0.151. The molecule has 1 heterocycles. The minimum absolute atomic E-state index is 0.0466. The molecule has 0 saturated carbocycles. The third-order valence-corrected chi connectivity index (χ3v) is 4.49. The van der Waals surface area contributed by atoms with Crippen LogP contribution in [0.3, 0.4) is 0 Å². The van der Waals surface area contributed by atoms with Crippen LogP contribution in [0, 0.1) is 12.8 Å². The van der Waals surface area contributed by atoms with Crippen LogP contribution in [0.5, 0.6) is 0 Å². The van der Waals surface area contributed by atoms with Gasteiger partial charge in [0.1, 0.15) is 0 Å². The summed E-state index contributed by atoms with van der Waals surface area (Å²) in [6.45, 7) is 1.76. The molecule has 1 fully saturated rings. The molecule has 2 aromatic carbocycles. The van der Waals surface area contributed by atoms with Crippen LogP contribution in [0.2, 0.25) is 5.02 Å². The number of rotatable bonds is 5. The molecular weight excluding hydrogens is 368 g/mol. The monoisotopic (exact) mass is 386 g/mol. The Labute approximate surface area is 162 Å². The second-order valence-corrected chi connectivity index (χ2v) is 6.84. The number of hydrogen-bond acceptors (Lipinski definition) is 4. The highest BCUT2D eigenvalue weighted by molar-refractivity contribution is 6.31. The summed E-state index contributed by atoms with van der Waals surface area (Å²) in [5.74, 6) is -1.78. The summed E-state index contributed by atoms with van der Waals surface area (Å²) in [7, 11) is 0. The highest BCUT2D eigenvalue weighted by Gasteiger charge is 2.36. The Bertz CT molecular complexity index is 867. The number of benzene rings is 2. The Hall–Kier alpha value is -2.86. The van der Waals surface area contributed by atoms with E-state index in [1.807, 2.05) is 19.1 Å². The van der Waals surface area contributed by atoms with Crippen molar-refractivity contribution >= 4 is 40.8 Å². The van der Waals surface area contributed by atoms with Gasteiger partial charge in [0.25, 0.3) is 5.91 Å². The first-order valence-corrected chi connectivity index (χ1v) is 8.89. The fourth-order valence-electron chi connectivity index (χ4n) is 2.85. The smallest absolute Gasteiger partial charge is 0.311 e. The minimum atomic E-state index is -0.608. The lowest BCUT2D eigenvalue weighted by Gasteiger charge is -2.16. The van der Waals surface area contributed by atoms with Gasteiger partial charge in [-0.15, -0.1) is 0 Å². The van der Waals surface area contributed by atoms with Crippen LogP contribution in [0.4, 0.5) is 11.4 Å². The van der Waals surface area contributed by atoms with Gasteiger partial charge in [-0.2, -0.15) is 0 Å². The SMILES string of the molecule is Cc1ccc(NC(=O)COC(=O)[C@@H]2CC(=O)N(c3cccc(Cl)c3)C2)cc1. The van der Waals surface area contributed by atoms with Gasteiger partial charge in [-0.25, -0.2) is 0 Å². The summed E-state index contributed by atoms with van der Waals surface area (Å²) in [5.41, 5.74) is 2.35. The molecule has 1 atom stereocenters. The largest absolute Gasteiger partial charge is 0.455 e. The Kier molecular flexibility index (Phi) is 5.76. The van der Waals surface area contributed by atoms with Gasteiger partial charge in [-0.3, -0.25) is 14.4 Å². The van der Waals surface area contributed by atoms with Gasteiger partial charge < -0.3 is 15.0 Å². The summed E-state index contributed by atoms with van der Waals surface area (Å²) in [5, 5.41) is 3.17. The highest BCUT2D eigenvalue weighted by atomic mass is 35.5. The minimum Gasteiger partial charge on any atom is -0.455 e. The molecule has 2 amide bonds. The quantitative estimate of drug-likeness (QED) is 0.801. The van der Waals surface area contributed by atoms with E-state index in [0.29, 0.717) is 16.4 Å². The summed E-state index contributed by atoms with van der Waals surface area (Å²) in [4.78, 5) is 37.9. The number of esters is 1. The Morgan fingerprint density at radius 2 is 1.96 bits per heavy atom. The van der Waals surface area contributed by atoms with Crippen molar-refractivity contribution in [1.82, 2.24) is 0 Å². The standard InChI is InChI=1S/C20H19ClN2O4/c1-13-5-7-16(8-6-13)22-18(24)12-27-20(26)14-9-19(25)23(11-14)17-4-2-3-15(21)10-17/h2-8,10,14H,9,11-12H2,1H3,(H,22,24)/t14-/m1/s1. The molecule has 0 aliphatic carbocycles. The zero-order valence-corrected chi connectivity index (χ0v) is 15.5. The van der Waals surface area contributed by atoms with E-state index in [2.05, 4.69) is 5.32 Å². The molecule has 27 heavy (non-hydrogen) atoms. The van der Waals surface area contributed by atoms with Crippen LogP contribution in [0.15, 0.2) is 48.5 Å². The maximum Gasteiger partial charge on any atom is 0.311 e. The highest BCUT2D eigenvalue weighted by Crippen LogP contribution is 2.27. The van der Waals surface area contributed by atoms with E-state index in [-0.39, 0.29) is 18.9 Å². The number of halogens is 1. The normalized spacial score (nSPS) is 16.3. The van der Waals surface area contributed by atoms with Gasteiger partial charge in [-0.1, -0.05) is 35.4 Å². The first-order chi connectivity index (χ1) is 12.9. The zero-order chi connectivity index (χ0) is 19.4. The molecule has 0 aromatic heterocycles. The van der Waals surface area contributed by atoms with Crippen LogP contribution < -0.4 is 10.2 Å². The third kappa shape index (κ3) is 4.86. The van der Waals surface area contributed by atoms with Gasteiger partial charge in [0.15, 0.2) is 6.61 Å². The predicted octanol–water partition coefficient (Wildman–Crippen LogP) is 3.18. The van der Waals surface area contributed by atoms with Crippen molar-refractivity contribution in [1.29, 1.82) is 0 Å². The summed E-state index contributed by atoms with van der Waals surface area (Å²) >= 11 is 5.96. The first-order valence-electron chi connectivity index (χ1n) is 8.51. The maximum absolute atomic E-state index is 12.2. The molecule has 7 heteroatoms. The number of anilines is 2. The van der Waals surface area contributed by atoms with Gasteiger partial charge in [0.2, 0.25) is 5.91 Å². The molecule has 3 rings (SSSR count). The molecule has 1 aliphatic heterocycles. The van der Waals surface area contributed by atoms with Gasteiger partial charge in [0.05, 0.1) is 5.92 Å². The number of hydrogen-bond donors (Lipinski definition) is 1. The third-order valence-electron chi connectivity index (χ3n) is 4.26. The van der Waals surface area contributed by atoms with Crippen molar-refractivity contribution in [3.63, 3.8) is 0 Å². The molecule has 0 unspecified atom stereocenters.